The molecule has 0 saturated carbocycles. The fourth-order valence-corrected chi connectivity index (χ4v) is 8.72. The first-order valence-corrected chi connectivity index (χ1v) is 20.1. The van der Waals surface area contributed by atoms with E-state index < -0.39 is 29.7 Å². The maximum absolute atomic E-state index is 13.1. The number of aryl methyl sites for hydroxylation is 2. The van der Waals surface area contributed by atoms with Gasteiger partial charge in [0.2, 0.25) is 11.8 Å². The Balaban J connectivity index is 0.665. The van der Waals surface area contributed by atoms with E-state index in [0.29, 0.717) is 18.5 Å². The average Bonchev–Trinajstić information content (AvgIpc) is 3.62. The standard InChI is InChI=1S/C44H47N7O6/c1-27-20-38-36(24-45-27)33-9-6-28(21-39(33)48(38)2)29-7-12-40(46-23-29)50-25-32(26-50)57-30-14-17-49(18-15-30)16-4-3-5-19-56-31-8-10-34-35(22-31)44(55)51(43(34)54)37-11-13-41(52)47-42(37)53/h6-10,12,20-24,30,32,37H,3-5,11,13-19,25-26H2,1-2H3,(H,47,52,53). The fraction of sp³-hybridized carbons (Fsp3) is 0.409. The molecule has 0 bridgehead atoms. The predicted molar refractivity (Wildman–Crippen MR) is 215 cm³/mol. The minimum Gasteiger partial charge on any atom is -0.494 e. The van der Waals surface area contributed by atoms with Crippen LogP contribution in [0.4, 0.5) is 5.82 Å². The summed E-state index contributed by atoms with van der Waals surface area (Å²) in [5.74, 6) is -0.551. The lowest BCUT2D eigenvalue weighted by atomic mass is 10.0. The topological polar surface area (TPSA) is 139 Å². The van der Waals surface area contributed by atoms with Gasteiger partial charge in [0.05, 0.1) is 35.5 Å². The highest BCUT2D eigenvalue weighted by atomic mass is 16.5. The number of nitrogens with zero attached hydrogens (tertiary/aromatic N) is 6. The molecule has 0 spiro atoms. The molecule has 3 aromatic heterocycles. The van der Waals surface area contributed by atoms with Gasteiger partial charge in [-0.15, -0.1) is 0 Å². The van der Waals surface area contributed by atoms with Gasteiger partial charge < -0.3 is 23.8 Å². The van der Waals surface area contributed by atoms with Crippen LogP contribution < -0.4 is 15.0 Å². The molecule has 13 nitrogen and oxygen atoms in total. The van der Waals surface area contributed by atoms with Crippen LogP contribution in [0.5, 0.6) is 5.75 Å². The van der Waals surface area contributed by atoms with E-state index in [9.17, 15) is 19.2 Å². The van der Waals surface area contributed by atoms with E-state index in [1.54, 1.807) is 18.2 Å². The summed E-state index contributed by atoms with van der Waals surface area (Å²) in [6.07, 6.45) is 9.77. The lowest BCUT2D eigenvalue weighted by Gasteiger charge is -2.43. The van der Waals surface area contributed by atoms with Crippen molar-refractivity contribution < 1.29 is 28.7 Å². The van der Waals surface area contributed by atoms with E-state index in [0.717, 1.165) is 92.4 Å². The van der Waals surface area contributed by atoms with Crippen molar-refractivity contribution in [1.29, 1.82) is 0 Å². The second kappa shape index (κ2) is 15.4. The van der Waals surface area contributed by atoms with Crippen LogP contribution in [0.15, 0.2) is 67.0 Å². The van der Waals surface area contributed by atoms with Gasteiger partial charge in [-0.1, -0.05) is 12.1 Å². The summed E-state index contributed by atoms with van der Waals surface area (Å²) >= 11 is 0. The third-order valence-electron chi connectivity index (χ3n) is 12.0. The Morgan fingerprint density at radius 1 is 0.772 bits per heavy atom. The summed E-state index contributed by atoms with van der Waals surface area (Å²) in [5, 5.41) is 4.61. The van der Waals surface area contributed by atoms with Crippen molar-refractivity contribution in [2.24, 2.45) is 7.05 Å². The number of likely N-dealkylation sites (tertiary alicyclic amines) is 1. The molecule has 57 heavy (non-hydrogen) atoms. The smallest absolute Gasteiger partial charge is 0.262 e. The number of benzene rings is 2. The highest BCUT2D eigenvalue weighted by Crippen LogP contribution is 2.33. The Labute approximate surface area is 330 Å². The van der Waals surface area contributed by atoms with E-state index in [1.807, 2.05) is 19.3 Å². The predicted octanol–water partition coefficient (Wildman–Crippen LogP) is 5.42. The number of hydrogen-bond donors (Lipinski definition) is 1. The zero-order valence-corrected chi connectivity index (χ0v) is 32.4. The van der Waals surface area contributed by atoms with Crippen LogP contribution in [0.3, 0.4) is 0 Å². The Hall–Kier alpha value is -5.66. The van der Waals surface area contributed by atoms with Crippen LogP contribution in [0.2, 0.25) is 0 Å². The molecule has 4 aliphatic heterocycles. The summed E-state index contributed by atoms with van der Waals surface area (Å²) < 4.78 is 14.7. The summed E-state index contributed by atoms with van der Waals surface area (Å²) in [7, 11) is 2.11. The number of anilines is 1. The number of hydrogen-bond acceptors (Lipinski definition) is 10. The lowest BCUT2D eigenvalue weighted by Crippen LogP contribution is -2.54. The molecule has 13 heteroatoms. The first-order valence-electron chi connectivity index (χ1n) is 20.1. The van der Waals surface area contributed by atoms with E-state index in [1.165, 1.54) is 21.8 Å². The molecule has 294 valence electrons. The summed E-state index contributed by atoms with van der Waals surface area (Å²) in [6, 6.07) is 16.9. The number of carbonyl (C=O) groups excluding carboxylic acids is 4. The normalized spacial score (nSPS) is 19.4. The zero-order valence-electron chi connectivity index (χ0n) is 32.4. The van der Waals surface area contributed by atoms with Crippen LogP contribution in [0.1, 0.15) is 71.4 Å². The highest BCUT2D eigenvalue weighted by molar-refractivity contribution is 6.23. The molecular weight excluding hydrogens is 723 g/mol. The molecular formula is C44H47N7O6. The van der Waals surface area contributed by atoms with Crippen LogP contribution >= 0.6 is 0 Å². The van der Waals surface area contributed by atoms with Gasteiger partial charge in [0, 0.05) is 79.6 Å². The SMILES string of the molecule is Cc1cc2c(cn1)c1ccc(-c3ccc(N4CC(OC5CCN(CCCCCOc6ccc7c(c6)C(=O)N(C6CCC(=O)NC6=O)C7=O)CC5)C4)nc3)cc1n2C. The molecule has 0 radical (unpaired) electrons. The molecule has 3 fully saturated rings. The summed E-state index contributed by atoms with van der Waals surface area (Å²) in [5.41, 5.74) is 6.13. The van der Waals surface area contributed by atoms with Crippen LogP contribution in [0, 0.1) is 6.92 Å². The Morgan fingerprint density at radius 2 is 1.56 bits per heavy atom. The van der Waals surface area contributed by atoms with Crippen LogP contribution in [-0.2, 0) is 21.4 Å². The summed E-state index contributed by atoms with van der Waals surface area (Å²) in [6.45, 7) is 7.39. The molecule has 9 rings (SSSR count). The van der Waals surface area contributed by atoms with Crippen molar-refractivity contribution in [2.45, 2.75) is 70.1 Å². The van der Waals surface area contributed by atoms with Crippen LogP contribution in [0.25, 0.3) is 32.9 Å². The molecule has 4 amide bonds. The Kier molecular flexibility index (Phi) is 9.95. The number of fused-ring (bicyclic) bond motifs is 4. The van der Waals surface area contributed by atoms with Crippen molar-refractivity contribution in [3.63, 3.8) is 0 Å². The van der Waals surface area contributed by atoms with E-state index in [4.69, 9.17) is 14.5 Å². The first-order chi connectivity index (χ1) is 27.7. The Bertz CT molecular complexity index is 2380. The maximum atomic E-state index is 13.1. The number of piperidine rings is 2. The third kappa shape index (κ3) is 7.25. The number of rotatable bonds is 12. The van der Waals surface area contributed by atoms with Crippen molar-refractivity contribution >= 4 is 51.3 Å². The van der Waals surface area contributed by atoms with Gasteiger partial charge in [-0.2, -0.15) is 0 Å². The Morgan fingerprint density at radius 3 is 2.35 bits per heavy atom. The lowest BCUT2D eigenvalue weighted by molar-refractivity contribution is -0.136. The molecule has 7 heterocycles. The zero-order chi connectivity index (χ0) is 39.2. The quantitative estimate of drug-likeness (QED) is 0.129. The number of aromatic nitrogens is 3. The van der Waals surface area contributed by atoms with Gasteiger partial charge in [0.1, 0.15) is 17.6 Å². The number of unbranched alkanes of at least 4 members (excludes halogenated alkanes) is 2. The van der Waals surface area contributed by atoms with Crippen molar-refractivity contribution in [1.82, 2.24) is 29.7 Å². The van der Waals surface area contributed by atoms with E-state index in [2.05, 4.69) is 68.1 Å². The second-order valence-corrected chi connectivity index (χ2v) is 15.8. The van der Waals surface area contributed by atoms with Crippen LogP contribution in [-0.4, -0.2) is 106 Å². The number of ether oxygens (including phenoxy) is 2. The van der Waals surface area contributed by atoms with Gasteiger partial charge in [-0.05, 0) is 100 Å². The molecule has 0 aliphatic carbocycles. The van der Waals surface area contributed by atoms with E-state index in [-0.39, 0.29) is 30.1 Å². The molecule has 1 unspecified atom stereocenters. The largest absolute Gasteiger partial charge is 0.494 e. The van der Waals surface area contributed by atoms with Crippen molar-refractivity contribution in [3.8, 4) is 16.9 Å². The number of amides is 4. The molecule has 3 saturated heterocycles. The minimum absolute atomic E-state index is 0.0890. The van der Waals surface area contributed by atoms with Crippen molar-refractivity contribution in [2.75, 3.05) is 44.2 Å². The van der Waals surface area contributed by atoms with Crippen molar-refractivity contribution in [3.05, 3.63) is 83.8 Å². The fourth-order valence-electron chi connectivity index (χ4n) is 8.72. The number of imide groups is 2. The minimum atomic E-state index is -0.979. The number of nitrogens with one attached hydrogen (secondary N) is 1. The molecule has 1 N–H and O–H groups in total. The third-order valence-corrected chi connectivity index (χ3v) is 12.0. The van der Waals surface area contributed by atoms with Gasteiger partial charge in [-0.25, -0.2) is 4.98 Å². The molecule has 2 aromatic carbocycles. The highest BCUT2D eigenvalue weighted by Gasteiger charge is 2.44. The monoisotopic (exact) mass is 769 g/mol. The average molecular weight is 770 g/mol. The molecule has 1 atom stereocenters. The van der Waals surface area contributed by atoms with Gasteiger partial charge in [0.15, 0.2) is 0 Å². The first kappa shape index (κ1) is 36.9. The second-order valence-electron chi connectivity index (χ2n) is 15.8. The van der Waals surface area contributed by atoms with Gasteiger partial charge in [-0.3, -0.25) is 34.4 Å². The molecule has 5 aromatic rings. The van der Waals surface area contributed by atoms with E-state index >= 15 is 0 Å². The van der Waals surface area contributed by atoms with Gasteiger partial charge in [0.25, 0.3) is 11.8 Å². The summed E-state index contributed by atoms with van der Waals surface area (Å²) in [4.78, 5) is 65.0. The maximum Gasteiger partial charge on any atom is 0.262 e. The van der Waals surface area contributed by atoms with Gasteiger partial charge >= 0.3 is 0 Å². The number of pyridine rings is 2. The molecule has 4 aliphatic rings. The number of carbonyl (C=O) groups is 4.